The lowest BCUT2D eigenvalue weighted by Crippen LogP contribution is -2.43. The Morgan fingerprint density at radius 1 is 1.32 bits per heavy atom. The molecule has 3 rings (SSSR count). The minimum absolute atomic E-state index is 0.229. The average molecular weight is 346 g/mol. The Balaban J connectivity index is 1.61. The van der Waals surface area contributed by atoms with E-state index in [9.17, 15) is 15.0 Å². The van der Waals surface area contributed by atoms with Gasteiger partial charge in [0.15, 0.2) is 0 Å². The van der Waals surface area contributed by atoms with Crippen LogP contribution in [0.15, 0.2) is 36.5 Å². The van der Waals surface area contributed by atoms with Crippen LogP contribution in [-0.2, 0) is 17.9 Å². The molecule has 0 saturated heterocycles. The van der Waals surface area contributed by atoms with Gasteiger partial charge in [-0.15, -0.1) is 5.10 Å². The number of rotatable bonds is 6. The van der Waals surface area contributed by atoms with Gasteiger partial charge in [0.25, 0.3) is 5.91 Å². The Labute approximate surface area is 145 Å². The number of aromatic nitrogens is 3. The topological polar surface area (TPSA) is 110 Å². The van der Waals surface area contributed by atoms with Gasteiger partial charge in [0.05, 0.1) is 24.9 Å². The number of carbonyl (C=O) groups excluding carboxylic acids is 1. The van der Waals surface area contributed by atoms with Crippen LogP contribution in [0.1, 0.15) is 22.5 Å². The minimum Gasteiger partial charge on any atom is -0.390 e. The molecule has 0 radical (unpaired) electrons. The van der Waals surface area contributed by atoms with Crippen LogP contribution in [-0.4, -0.2) is 56.5 Å². The van der Waals surface area contributed by atoms with Gasteiger partial charge in [-0.25, -0.2) is 0 Å². The van der Waals surface area contributed by atoms with Crippen LogP contribution in [0.5, 0.6) is 0 Å². The molecule has 8 heteroatoms. The van der Waals surface area contributed by atoms with Crippen LogP contribution < -0.4 is 5.32 Å². The average Bonchev–Trinajstić information content (AvgIpc) is 3.16. The lowest BCUT2D eigenvalue weighted by atomic mass is 10.1. The van der Waals surface area contributed by atoms with E-state index in [1.807, 2.05) is 6.07 Å². The first-order valence-corrected chi connectivity index (χ1v) is 8.18. The first kappa shape index (κ1) is 17.5. The Bertz CT molecular complexity index is 706. The molecule has 2 aromatic rings. The number of nitrogens with one attached hydrogen (secondary N) is 1. The number of amides is 1. The molecule has 4 atom stereocenters. The third kappa shape index (κ3) is 4.04. The van der Waals surface area contributed by atoms with Crippen molar-refractivity contribution in [3.05, 3.63) is 47.8 Å². The highest BCUT2D eigenvalue weighted by molar-refractivity contribution is 5.94. The van der Waals surface area contributed by atoms with Crippen LogP contribution in [0.25, 0.3) is 0 Å². The molecule has 1 aromatic heterocycles. The SMILES string of the molecule is COCc1cn(C[C@H]2C[C@@H](NC(=O)c3ccccc3)[C@H](O)[C@@H]2O)nn1. The molecule has 1 aliphatic carbocycles. The summed E-state index contributed by atoms with van der Waals surface area (Å²) >= 11 is 0. The molecule has 0 spiro atoms. The van der Waals surface area contributed by atoms with Crippen LogP contribution in [0, 0.1) is 5.92 Å². The highest BCUT2D eigenvalue weighted by Gasteiger charge is 2.42. The summed E-state index contributed by atoms with van der Waals surface area (Å²) in [5.74, 6) is -0.492. The van der Waals surface area contributed by atoms with Gasteiger partial charge in [0, 0.05) is 25.1 Å². The molecule has 1 heterocycles. The molecule has 25 heavy (non-hydrogen) atoms. The summed E-state index contributed by atoms with van der Waals surface area (Å²) in [5.41, 5.74) is 1.22. The number of carbonyl (C=O) groups is 1. The van der Waals surface area contributed by atoms with E-state index >= 15 is 0 Å². The van der Waals surface area contributed by atoms with Gasteiger partial charge in [0.2, 0.25) is 0 Å². The molecule has 1 fully saturated rings. The zero-order chi connectivity index (χ0) is 17.8. The smallest absolute Gasteiger partial charge is 0.251 e. The molecule has 0 bridgehead atoms. The van der Waals surface area contributed by atoms with Gasteiger partial charge >= 0.3 is 0 Å². The molecule has 134 valence electrons. The van der Waals surface area contributed by atoms with Crippen molar-refractivity contribution in [2.75, 3.05) is 7.11 Å². The highest BCUT2D eigenvalue weighted by Crippen LogP contribution is 2.28. The van der Waals surface area contributed by atoms with Crippen molar-refractivity contribution in [1.82, 2.24) is 20.3 Å². The molecule has 3 N–H and O–H groups in total. The van der Waals surface area contributed by atoms with Crippen molar-refractivity contribution in [3.63, 3.8) is 0 Å². The Kier molecular flexibility index (Phi) is 5.42. The fraction of sp³-hybridized carbons (Fsp3) is 0.471. The van der Waals surface area contributed by atoms with E-state index in [1.165, 1.54) is 0 Å². The largest absolute Gasteiger partial charge is 0.390 e. The quantitative estimate of drug-likeness (QED) is 0.677. The summed E-state index contributed by atoms with van der Waals surface area (Å²) in [4.78, 5) is 12.2. The van der Waals surface area contributed by atoms with E-state index in [2.05, 4.69) is 15.6 Å². The predicted octanol–water partition coefficient (Wildman–Crippen LogP) is -0.0352. The first-order chi connectivity index (χ1) is 12.1. The third-order valence-electron chi connectivity index (χ3n) is 4.45. The molecule has 1 aromatic carbocycles. The number of hydrogen-bond acceptors (Lipinski definition) is 6. The molecule has 0 unspecified atom stereocenters. The van der Waals surface area contributed by atoms with Crippen molar-refractivity contribution in [1.29, 1.82) is 0 Å². The molecular weight excluding hydrogens is 324 g/mol. The maximum Gasteiger partial charge on any atom is 0.251 e. The zero-order valence-electron chi connectivity index (χ0n) is 13.9. The summed E-state index contributed by atoms with van der Waals surface area (Å²) in [7, 11) is 1.58. The molecule has 0 aliphatic heterocycles. The van der Waals surface area contributed by atoms with Gasteiger partial charge in [-0.3, -0.25) is 9.48 Å². The van der Waals surface area contributed by atoms with Crippen molar-refractivity contribution in [2.24, 2.45) is 5.92 Å². The summed E-state index contributed by atoms with van der Waals surface area (Å²) in [6, 6.07) is 8.29. The second-order valence-electron chi connectivity index (χ2n) is 6.29. The maximum absolute atomic E-state index is 12.2. The monoisotopic (exact) mass is 346 g/mol. The second-order valence-corrected chi connectivity index (χ2v) is 6.29. The lowest BCUT2D eigenvalue weighted by molar-refractivity contribution is 0.00761. The minimum atomic E-state index is -1.01. The summed E-state index contributed by atoms with van der Waals surface area (Å²) < 4.78 is 6.62. The van der Waals surface area contributed by atoms with Gasteiger partial charge in [-0.05, 0) is 18.6 Å². The predicted molar refractivity (Wildman–Crippen MR) is 88.6 cm³/mol. The normalized spacial score (nSPS) is 25.9. The second kappa shape index (κ2) is 7.73. The van der Waals surface area contributed by atoms with Crippen LogP contribution in [0.2, 0.25) is 0 Å². The fourth-order valence-electron chi connectivity index (χ4n) is 3.17. The summed E-state index contributed by atoms with van der Waals surface area (Å²) in [6.07, 6.45) is 0.259. The standard InChI is InChI=1S/C17H22N4O4/c1-25-10-13-9-21(20-19-13)8-12-7-14(16(23)15(12)22)18-17(24)11-5-3-2-4-6-11/h2-6,9,12,14-16,22-23H,7-8,10H2,1H3,(H,18,24)/t12-,14-,15-,16+/m1/s1. The Morgan fingerprint density at radius 2 is 2.08 bits per heavy atom. The maximum atomic E-state index is 12.2. The summed E-state index contributed by atoms with van der Waals surface area (Å²) in [6.45, 7) is 0.776. The number of aliphatic hydroxyl groups excluding tert-OH is 2. The van der Waals surface area contributed by atoms with Gasteiger partial charge in [-0.2, -0.15) is 0 Å². The number of benzene rings is 1. The molecule has 1 amide bonds. The van der Waals surface area contributed by atoms with Gasteiger partial charge in [-0.1, -0.05) is 23.4 Å². The number of aliphatic hydroxyl groups is 2. The van der Waals surface area contributed by atoms with E-state index in [0.717, 1.165) is 0 Å². The Hall–Kier alpha value is -2.29. The number of ether oxygens (including phenoxy) is 1. The van der Waals surface area contributed by atoms with Crippen molar-refractivity contribution in [2.45, 2.75) is 37.8 Å². The van der Waals surface area contributed by atoms with Crippen LogP contribution in [0.3, 0.4) is 0 Å². The van der Waals surface area contributed by atoms with Crippen LogP contribution >= 0.6 is 0 Å². The highest BCUT2D eigenvalue weighted by atomic mass is 16.5. The number of methoxy groups -OCH3 is 1. The van der Waals surface area contributed by atoms with Crippen LogP contribution in [0.4, 0.5) is 0 Å². The third-order valence-corrected chi connectivity index (χ3v) is 4.45. The number of hydrogen-bond donors (Lipinski definition) is 3. The van der Waals surface area contributed by atoms with Crippen molar-refractivity contribution < 1.29 is 19.7 Å². The zero-order valence-corrected chi connectivity index (χ0v) is 13.9. The Morgan fingerprint density at radius 3 is 2.80 bits per heavy atom. The first-order valence-electron chi connectivity index (χ1n) is 8.18. The molecular formula is C17H22N4O4. The van der Waals surface area contributed by atoms with E-state index in [1.54, 1.807) is 42.3 Å². The van der Waals surface area contributed by atoms with E-state index in [0.29, 0.717) is 30.8 Å². The van der Waals surface area contributed by atoms with E-state index in [4.69, 9.17) is 4.74 Å². The van der Waals surface area contributed by atoms with Gasteiger partial charge < -0.3 is 20.3 Å². The summed E-state index contributed by atoms with van der Waals surface area (Å²) in [5, 5.41) is 31.3. The molecule has 8 nitrogen and oxygen atoms in total. The lowest BCUT2D eigenvalue weighted by Gasteiger charge is -2.18. The van der Waals surface area contributed by atoms with E-state index < -0.39 is 18.2 Å². The fourth-order valence-corrected chi connectivity index (χ4v) is 3.17. The van der Waals surface area contributed by atoms with E-state index in [-0.39, 0.29) is 11.8 Å². The number of nitrogens with zero attached hydrogens (tertiary/aromatic N) is 3. The van der Waals surface area contributed by atoms with Crippen molar-refractivity contribution >= 4 is 5.91 Å². The molecule has 1 saturated carbocycles. The van der Waals surface area contributed by atoms with Gasteiger partial charge in [0.1, 0.15) is 11.8 Å². The van der Waals surface area contributed by atoms with Crippen molar-refractivity contribution in [3.8, 4) is 0 Å². The molecule has 1 aliphatic rings.